The van der Waals surface area contributed by atoms with Crippen molar-refractivity contribution in [3.05, 3.63) is 108 Å². The Bertz CT molecular complexity index is 1340. The van der Waals surface area contributed by atoms with Crippen molar-refractivity contribution in [3.63, 3.8) is 0 Å². The van der Waals surface area contributed by atoms with Gasteiger partial charge in [-0.3, -0.25) is 0 Å². The van der Waals surface area contributed by atoms with Crippen molar-refractivity contribution in [2.24, 2.45) is 0 Å². The van der Waals surface area contributed by atoms with Crippen LogP contribution in [0.5, 0.6) is 34.5 Å². The third-order valence-electron chi connectivity index (χ3n) is 6.21. The van der Waals surface area contributed by atoms with Gasteiger partial charge in [-0.25, -0.2) is 9.59 Å². The summed E-state index contributed by atoms with van der Waals surface area (Å²) in [5.74, 6) is 0.152. The molecule has 4 aromatic rings. The second-order valence-electron chi connectivity index (χ2n) is 9.55. The number of ether oxygens (including phenoxy) is 4. The van der Waals surface area contributed by atoms with Gasteiger partial charge in [-0.05, 0) is 106 Å². The SMILES string of the molecule is CC(CCCC(C)Oc1ccc(C(=O)Oc2ccccc2O)cc1)Oc1ccc(C(=O)Oc2ccccc2O)cc1. The molecule has 0 aliphatic heterocycles. The highest BCUT2D eigenvalue weighted by atomic mass is 16.5. The summed E-state index contributed by atoms with van der Waals surface area (Å²) in [5.41, 5.74) is 0.694. The lowest BCUT2D eigenvalue weighted by Crippen LogP contribution is -2.16. The standard InChI is InChI=1S/C33H32O8/c1-22(38-26-18-14-24(15-19-26)32(36)40-30-12-5-3-10-28(30)34)8-7-9-23(2)39-27-20-16-25(17-21-27)33(37)41-31-13-6-4-11-29(31)35/h3-6,10-23,34-35H,7-9H2,1-2H3. The number of hydrogen-bond donors (Lipinski definition) is 2. The first-order chi connectivity index (χ1) is 19.8. The molecule has 0 aliphatic rings. The van der Waals surface area contributed by atoms with Crippen LogP contribution in [0.25, 0.3) is 0 Å². The van der Waals surface area contributed by atoms with Crippen molar-refractivity contribution >= 4 is 11.9 Å². The summed E-state index contributed by atoms with van der Waals surface area (Å²) < 4.78 is 22.4. The molecule has 8 nitrogen and oxygen atoms in total. The van der Waals surface area contributed by atoms with Crippen molar-refractivity contribution in [2.45, 2.75) is 45.3 Å². The Labute approximate surface area is 238 Å². The van der Waals surface area contributed by atoms with Crippen molar-refractivity contribution in [1.29, 1.82) is 0 Å². The molecule has 0 heterocycles. The van der Waals surface area contributed by atoms with Gasteiger partial charge in [-0.1, -0.05) is 24.3 Å². The summed E-state index contributed by atoms with van der Waals surface area (Å²) in [6, 6.07) is 25.9. The van der Waals surface area contributed by atoms with Crippen LogP contribution in [0.1, 0.15) is 53.8 Å². The molecule has 0 radical (unpaired) electrons. The van der Waals surface area contributed by atoms with Crippen molar-refractivity contribution in [1.82, 2.24) is 0 Å². The van der Waals surface area contributed by atoms with Crippen LogP contribution in [0.3, 0.4) is 0 Å². The third kappa shape index (κ3) is 8.50. The molecule has 41 heavy (non-hydrogen) atoms. The molecule has 4 aromatic carbocycles. The number of carbonyl (C=O) groups is 2. The number of aromatic hydroxyl groups is 2. The summed E-state index contributed by atoms with van der Waals surface area (Å²) >= 11 is 0. The molecule has 2 unspecified atom stereocenters. The van der Waals surface area contributed by atoms with E-state index in [0.717, 1.165) is 19.3 Å². The lowest BCUT2D eigenvalue weighted by molar-refractivity contribution is 0.0720. The maximum Gasteiger partial charge on any atom is 0.343 e. The van der Waals surface area contributed by atoms with Crippen LogP contribution in [-0.2, 0) is 0 Å². The van der Waals surface area contributed by atoms with Crippen LogP contribution >= 0.6 is 0 Å². The number of benzene rings is 4. The Hall–Kier alpha value is -4.98. The van der Waals surface area contributed by atoms with E-state index in [2.05, 4.69) is 0 Å². The van der Waals surface area contributed by atoms with Gasteiger partial charge in [0.05, 0.1) is 23.3 Å². The molecule has 0 saturated carbocycles. The second-order valence-corrected chi connectivity index (χ2v) is 9.55. The fourth-order valence-corrected chi connectivity index (χ4v) is 4.02. The molecule has 0 fully saturated rings. The zero-order valence-corrected chi connectivity index (χ0v) is 22.9. The molecular formula is C33H32O8. The number of phenols is 2. The van der Waals surface area contributed by atoms with E-state index in [4.69, 9.17) is 18.9 Å². The molecule has 8 heteroatoms. The maximum atomic E-state index is 12.3. The number of para-hydroxylation sites is 4. The van der Waals surface area contributed by atoms with Gasteiger partial charge in [0, 0.05) is 0 Å². The van der Waals surface area contributed by atoms with E-state index in [9.17, 15) is 19.8 Å². The summed E-state index contributed by atoms with van der Waals surface area (Å²) in [5, 5.41) is 19.6. The van der Waals surface area contributed by atoms with Gasteiger partial charge in [-0.2, -0.15) is 0 Å². The lowest BCUT2D eigenvalue weighted by Gasteiger charge is -2.18. The van der Waals surface area contributed by atoms with Crippen LogP contribution in [0, 0.1) is 0 Å². The molecule has 0 aliphatic carbocycles. The van der Waals surface area contributed by atoms with E-state index in [-0.39, 0.29) is 35.2 Å². The van der Waals surface area contributed by atoms with Gasteiger partial charge >= 0.3 is 11.9 Å². The van der Waals surface area contributed by atoms with Gasteiger partial charge < -0.3 is 29.2 Å². The molecule has 0 spiro atoms. The Morgan fingerprint density at radius 2 is 0.951 bits per heavy atom. The van der Waals surface area contributed by atoms with Gasteiger partial charge in [-0.15, -0.1) is 0 Å². The summed E-state index contributed by atoms with van der Waals surface area (Å²) in [6.07, 6.45) is 2.40. The average Bonchev–Trinajstić information content (AvgIpc) is 2.96. The predicted octanol–water partition coefficient (Wildman–Crippen LogP) is 6.94. The van der Waals surface area contributed by atoms with Gasteiger partial charge in [0.15, 0.2) is 23.0 Å². The maximum absolute atomic E-state index is 12.3. The first-order valence-electron chi connectivity index (χ1n) is 13.3. The van der Waals surface area contributed by atoms with Gasteiger partial charge in [0.1, 0.15) is 11.5 Å². The monoisotopic (exact) mass is 556 g/mol. The van der Waals surface area contributed by atoms with Gasteiger partial charge in [0.25, 0.3) is 0 Å². The average molecular weight is 557 g/mol. The van der Waals surface area contributed by atoms with Crippen LogP contribution in [-0.4, -0.2) is 34.4 Å². The van der Waals surface area contributed by atoms with Crippen molar-refractivity contribution in [2.75, 3.05) is 0 Å². The predicted molar refractivity (Wildman–Crippen MR) is 153 cm³/mol. The minimum atomic E-state index is -0.567. The summed E-state index contributed by atoms with van der Waals surface area (Å²) in [6.45, 7) is 3.97. The van der Waals surface area contributed by atoms with Crippen molar-refractivity contribution < 1.29 is 38.7 Å². The number of esters is 2. The normalized spacial score (nSPS) is 12.1. The van der Waals surface area contributed by atoms with Crippen LogP contribution in [0.4, 0.5) is 0 Å². The Balaban J connectivity index is 1.17. The van der Waals surface area contributed by atoms with Crippen LogP contribution in [0.15, 0.2) is 97.1 Å². The molecule has 4 rings (SSSR count). The number of phenolic OH excluding ortho intramolecular Hbond substituents is 2. The highest BCUT2D eigenvalue weighted by Crippen LogP contribution is 2.27. The highest BCUT2D eigenvalue weighted by Gasteiger charge is 2.14. The first-order valence-corrected chi connectivity index (χ1v) is 13.3. The zero-order valence-electron chi connectivity index (χ0n) is 22.9. The molecule has 2 N–H and O–H groups in total. The van der Waals surface area contributed by atoms with Crippen LogP contribution < -0.4 is 18.9 Å². The molecule has 212 valence electrons. The fraction of sp³-hybridized carbons (Fsp3) is 0.212. The largest absolute Gasteiger partial charge is 0.504 e. The molecule has 0 amide bonds. The highest BCUT2D eigenvalue weighted by molar-refractivity contribution is 5.92. The van der Waals surface area contributed by atoms with E-state index < -0.39 is 11.9 Å². The Morgan fingerprint density at radius 1 is 0.585 bits per heavy atom. The Morgan fingerprint density at radius 3 is 1.32 bits per heavy atom. The molecule has 2 atom stereocenters. The lowest BCUT2D eigenvalue weighted by atomic mass is 10.1. The van der Waals surface area contributed by atoms with E-state index >= 15 is 0 Å². The number of hydrogen-bond acceptors (Lipinski definition) is 8. The third-order valence-corrected chi connectivity index (χ3v) is 6.21. The van der Waals surface area contributed by atoms with E-state index in [1.54, 1.807) is 72.8 Å². The molecule has 0 saturated heterocycles. The molecule has 0 bridgehead atoms. The zero-order chi connectivity index (χ0) is 29.2. The Kier molecular flexibility index (Phi) is 9.83. The first kappa shape index (κ1) is 29.0. The van der Waals surface area contributed by atoms with E-state index in [0.29, 0.717) is 22.6 Å². The second kappa shape index (κ2) is 13.9. The fourth-order valence-electron chi connectivity index (χ4n) is 4.02. The quantitative estimate of drug-likeness (QED) is 0.143. The van der Waals surface area contributed by atoms with E-state index in [1.807, 2.05) is 13.8 Å². The summed E-state index contributed by atoms with van der Waals surface area (Å²) in [4.78, 5) is 24.7. The topological polar surface area (TPSA) is 112 Å². The number of carbonyl (C=O) groups excluding carboxylic acids is 2. The van der Waals surface area contributed by atoms with E-state index in [1.165, 1.54) is 24.3 Å². The summed E-state index contributed by atoms with van der Waals surface area (Å²) in [7, 11) is 0. The smallest absolute Gasteiger partial charge is 0.343 e. The van der Waals surface area contributed by atoms with Crippen LogP contribution in [0.2, 0.25) is 0 Å². The van der Waals surface area contributed by atoms with Crippen molar-refractivity contribution in [3.8, 4) is 34.5 Å². The number of rotatable bonds is 12. The molecular weight excluding hydrogens is 524 g/mol. The minimum Gasteiger partial charge on any atom is -0.504 e. The minimum absolute atomic E-state index is 0.0457. The molecule has 0 aromatic heterocycles. The van der Waals surface area contributed by atoms with Gasteiger partial charge in [0.2, 0.25) is 0 Å².